The van der Waals surface area contributed by atoms with Crippen molar-refractivity contribution in [3.63, 3.8) is 0 Å². The molecule has 0 spiro atoms. The van der Waals surface area contributed by atoms with Crippen molar-refractivity contribution in [2.45, 2.75) is 12.1 Å². The molecule has 0 aliphatic carbocycles. The highest BCUT2D eigenvalue weighted by molar-refractivity contribution is 7.99. The fraction of sp³-hybridized carbons (Fsp3) is 0.188. The van der Waals surface area contributed by atoms with Gasteiger partial charge in [-0.15, -0.1) is 11.3 Å². The summed E-state index contributed by atoms with van der Waals surface area (Å²) in [5, 5.41) is 5.05. The maximum atomic E-state index is 12.0. The molecule has 0 radical (unpaired) electrons. The second-order valence-corrected chi connectivity index (χ2v) is 6.68. The van der Waals surface area contributed by atoms with Crippen LogP contribution in [0.15, 0.2) is 45.7 Å². The number of nitrogens with zero attached hydrogens (tertiary/aromatic N) is 1. The highest BCUT2D eigenvalue weighted by Crippen LogP contribution is 2.19. The topological polar surface area (TPSA) is 84.1 Å². The Hall–Kier alpha value is -2.32. The summed E-state index contributed by atoms with van der Waals surface area (Å²) in [7, 11) is 0. The van der Waals surface area contributed by atoms with Crippen LogP contribution in [0.25, 0.3) is 10.2 Å². The fourth-order valence-corrected chi connectivity index (χ4v) is 3.45. The minimum Gasteiger partial charge on any atom is -0.494 e. The van der Waals surface area contributed by atoms with Crippen molar-refractivity contribution in [3.05, 3.63) is 46.1 Å². The quantitative estimate of drug-likeness (QED) is 0.521. The van der Waals surface area contributed by atoms with Gasteiger partial charge in [0.2, 0.25) is 5.91 Å². The van der Waals surface area contributed by atoms with Gasteiger partial charge in [0.25, 0.3) is 5.56 Å². The van der Waals surface area contributed by atoms with Crippen molar-refractivity contribution in [2.24, 2.45) is 0 Å². The molecule has 8 heteroatoms. The number of nitrogens with one attached hydrogen (secondary N) is 2. The summed E-state index contributed by atoms with van der Waals surface area (Å²) in [5.41, 5.74) is 1.17. The predicted octanol–water partition coefficient (Wildman–Crippen LogP) is 3.11. The van der Waals surface area contributed by atoms with E-state index in [1.165, 1.54) is 23.1 Å². The van der Waals surface area contributed by atoms with Crippen LogP contribution < -0.4 is 15.6 Å². The second kappa shape index (κ2) is 7.50. The van der Waals surface area contributed by atoms with E-state index in [1.54, 1.807) is 30.3 Å². The van der Waals surface area contributed by atoms with Gasteiger partial charge < -0.3 is 15.0 Å². The minimum absolute atomic E-state index is 0.159. The Balaban J connectivity index is 1.59. The molecule has 2 heterocycles. The van der Waals surface area contributed by atoms with Crippen molar-refractivity contribution >= 4 is 44.9 Å². The first kappa shape index (κ1) is 16.5. The normalized spacial score (nSPS) is 10.7. The van der Waals surface area contributed by atoms with E-state index >= 15 is 0 Å². The smallest absolute Gasteiger partial charge is 0.269 e. The minimum atomic E-state index is -0.176. The Morgan fingerprint density at radius 2 is 2.12 bits per heavy atom. The van der Waals surface area contributed by atoms with E-state index in [1.807, 2.05) is 12.3 Å². The molecule has 0 atom stereocenters. The first-order valence-electron chi connectivity index (χ1n) is 7.28. The van der Waals surface area contributed by atoms with E-state index in [9.17, 15) is 9.59 Å². The molecular formula is C16H15N3O3S2. The van der Waals surface area contributed by atoms with Gasteiger partial charge in [-0.3, -0.25) is 9.59 Å². The number of thiophene rings is 1. The van der Waals surface area contributed by atoms with Crippen LogP contribution in [0.3, 0.4) is 0 Å². The van der Waals surface area contributed by atoms with Crippen LogP contribution in [0.4, 0.5) is 5.69 Å². The molecule has 0 aliphatic heterocycles. The van der Waals surface area contributed by atoms with Crippen molar-refractivity contribution in [2.75, 3.05) is 17.7 Å². The van der Waals surface area contributed by atoms with Crippen LogP contribution in [0.1, 0.15) is 6.92 Å². The SMILES string of the molecule is CCOc1ccc(NC(=O)CSc2nc3ccsc3c(=O)[nH]2)cc1. The van der Waals surface area contributed by atoms with Crippen LogP contribution in [0, 0.1) is 0 Å². The number of benzene rings is 1. The molecule has 6 nitrogen and oxygen atoms in total. The average molecular weight is 361 g/mol. The van der Waals surface area contributed by atoms with Gasteiger partial charge in [0.15, 0.2) is 5.16 Å². The van der Waals surface area contributed by atoms with Crippen LogP contribution in [0.2, 0.25) is 0 Å². The zero-order valence-corrected chi connectivity index (χ0v) is 14.5. The highest BCUT2D eigenvalue weighted by Gasteiger charge is 2.08. The van der Waals surface area contributed by atoms with Crippen LogP contribution in [-0.4, -0.2) is 28.2 Å². The number of carbonyl (C=O) groups excluding carboxylic acids is 1. The molecule has 0 saturated heterocycles. The van der Waals surface area contributed by atoms with Gasteiger partial charge in [0.05, 0.1) is 17.9 Å². The molecule has 124 valence electrons. The molecule has 0 fully saturated rings. The number of H-pyrrole nitrogens is 1. The number of hydrogen-bond donors (Lipinski definition) is 2. The number of aromatic amines is 1. The monoisotopic (exact) mass is 361 g/mol. The number of ether oxygens (including phenoxy) is 1. The van der Waals surface area contributed by atoms with Gasteiger partial charge in [0, 0.05) is 5.69 Å². The number of rotatable bonds is 6. The molecule has 2 aromatic heterocycles. The van der Waals surface area contributed by atoms with Gasteiger partial charge in [-0.05, 0) is 42.6 Å². The number of amides is 1. The third-order valence-electron chi connectivity index (χ3n) is 3.08. The number of hydrogen-bond acceptors (Lipinski definition) is 6. The van der Waals surface area contributed by atoms with Crippen LogP contribution >= 0.6 is 23.1 Å². The molecule has 1 amide bonds. The van der Waals surface area contributed by atoms with Crippen LogP contribution in [0.5, 0.6) is 5.75 Å². The zero-order chi connectivity index (χ0) is 16.9. The second-order valence-electron chi connectivity index (χ2n) is 4.80. The van der Waals surface area contributed by atoms with E-state index in [4.69, 9.17) is 4.74 Å². The number of thioether (sulfide) groups is 1. The summed E-state index contributed by atoms with van der Waals surface area (Å²) in [5.74, 6) is 0.749. The lowest BCUT2D eigenvalue weighted by Crippen LogP contribution is -2.15. The van der Waals surface area contributed by atoms with Gasteiger partial charge in [0.1, 0.15) is 10.4 Å². The summed E-state index contributed by atoms with van der Waals surface area (Å²) >= 11 is 2.54. The van der Waals surface area contributed by atoms with E-state index in [-0.39, 0.29) is 17.2 Å². The number of anilines is 1. The van der Waals surface area contributed by atoms with E-state index in [0.717, 1.165) is 5.75 Å². The number of fused-ring (bicyclic) bond motifs is 1. The van der Waals surface area contributed by atoms with Gasteiger partial charge in [-0.25, -0.2) is 4.98 Å². The molecule has 3 aromatic rings. The molecule has 2 N–H and O–H groups in total. The third-order valence-corrected chi connectivity index (χ3v) is 4.86. The largest absolute Gasteiger partial charge is 0.494 e. The van der Waals surface area contributed by atoms with Crippen molar-refractivity contribution in [1.82, 2.24) is 9.97 Å². The predicted molar refractivity (Wildman–Crippen MR) is 97.2 cm³/mol. The standard InChI is InChI=1S/C16H15N3O3S2/c1-2-22-11-5-3-10(4-6-11)17-13(20)9-24-16-18-12-7-8-23-14(12)15(21)19-16/h3-8H,2,9H2,1H3,(H,17,20)(H,18,19,21). The molecule has 0 aliphatic rings. The molecule has 0 unspecified atom stereocenters. The number of carbonyl (C=O) groups is 1. The van der Waals surface area contributed by atoms with Crippen molar-refractivity contribution in [3.8, 4) is 5.75 Å². The van der Waals surface area contributed by atoms with Gasteiger partial charge in [-0.1, -0.05) is 11.8 Å². The molecular weight excluding hydrogens is 346 g/mol. The van der Waals surface area contributed by atoms with Gasteiger partial charge >= 0.3 is 0 Å². The first-order valence-corrected chi connectivity index (χ1v) is 9.15. The fourth-order valence-electron chi connectivity index (χ4n) is 2.05. The van der Waals surface area contributed by atoms with Gasteiger partial charge in [-0.2, -0.15) is 0 Å². The summed E-state index contributed by atoms with van der Waals surface area (Å²) < 4.78 is 5.95. The Morgan fingerprint density at radius 3 is 2.88 bits per heavy atom. The molecule has 24 heavy (non-hydrogen) atoms. The molecule has 3 rings (SSSR count). The molecule has 1 aromatic carbocycles. The Bertz CT molecular complexity index is 903. The molecule has 0 bridgehead atoms. The first-order chi connectivity index (χ1) is 11.7. The van der Waals surface area contributed by atoms with Crippen LogP contribution in [-0.2, 0) is 4.79 Å². The summed E-state index contributed by atoms with van der Waals surface area (Å²) in [6.45, 7) is 2.51. The summed E-state index contributed by atoms with van der Waals surface area (Å²) in [6.07, 6.45) is 0. The maximum absolute atomic E-state index is 12.0. The summed E-state index contributed by atoms with van der Waals surface area (Å²) in [6, 6.07) is 8.96. The highest BCUT2D eigenvalue weighted by atomic mass is 32.2. The lowest BCUT2D eigenvalue weighted by atomic mass is 10.3. The number of aromatic nitrogens is 2. The maximum Gasteiger partial charge on any atom is 0.269 e. The van der Waals surface area contributed by atoms with Crippen molar-refractivity contribution < 1.29 is 9.53 Å². The lowest BCUT2D eigenvalue weighted by molar-refractivity contribution is -0.113. The third kappa shape index (κ3) is 3.95. The summed E-state index contributed by atoms with van der Waals surface area (Å²) in [4.78, 5) is 30.9. The average Bonchev–Trinajstić information content (AvgIpc) is 3.04. The van der Waals surface area contributed by atoms with E-state index < -0.39 is 0 Å². The Morgan fingerprint density at radius 1 is 1.33 bits per heavy atom. The molecule has 0 saturated carbocycles. The Kier molecular flexibility index (Phi) is 5.17. The van der Waals surface area contributed by atoms with E-state index in [0.29, 0.717) is 27.7 Å². The lowest BCUT2D eigenvalue weighted by Gasteiger charge is -2.07. The van der Waals surface area contributed by atoms with E-state index in [2.05, 4.69) is 15.3 Å². The van der Waals surface area contributed by atoms with Crippen molar-refractivity contribution in [1.29, 1.82) is 0 Å². The Labute approximate surface area is 146 Å². The zero-order valence-electron chi connectivity index (χ0n) is 12.9.